The number of ether oxygens (including phenoxy) is 2. The maximum absolute atomic E-state index is 13.7. The number of carbonyl (C=O) groups is 1. The first kappa shape index (κ1) is 18.2. The summed E-state index contributed by atoms with van der Waals surface area (Å²) in [5.74, 6) is 0.287. The van der Waals surface area contributed by atoms with E-state index in [2.05, 4.69) is 5.32 Å². The summed E-state index contributed by atoms with van der Waals surface area (Å²) in [5.41, 5.74) is 6.61. The monoisotopic (exact) mass is 312 g/mol. The van der Waals surface area contributed by atoms with Gasteiger partial charge in [0.15, 0.2) is 0 Å². The lowest BCUT2D eigenvalue weighted by molar-refractivity contribution is 0.0524. The van der Waals surface area contributed by atoms with Crippen LogP contribution < -0.4 is 15.8 Å². The molecule has 5 nitrogen and oxygen atoms in total. The molecule has 1 aromatic rings. The summed E-state index contributed by atoms with van der Waals surface area (Å²) in [6.45, 7) is 7.25. The van der Waals surface area contributed by atoms with Crippen LogP contribution in [0.3, 0.4) is 0 Å². The molecule has 0 spiro atoms. The number of nitrogens with one attached hydrogen (secondary N) is 1. The number of benzene rings is 1. The van der Waals surface area contributed by atoms with E-state index in [9.17, 15) is 9.18 Å². The van der Waals surface area contributed by atoms with Gasteiger partial charge in [-0.2, -0.15) is 0 Å². The van der Waals surface area contributed by atoms with E-state index >= 15 is 0 Å². The van der Waals surface area contributed by atoms with Crippen molar-refractivity contribution in [2.24, 2.45) is 5.73 Å². The first-order chi connectivity index (χ1) is 10.1. The standard InChI is InChI=1S/C16H25FN2O3/c1-10-6-14(21-5)11(8-13(10)17)7-12(18)9-19-15(20)22-16(2,3)4/h6,8,12H,7,9,18H2,1-5H3,(H,19,20). The van der Waals surface area contributed by atoms with Crippen LogP contribution in [-0.4, -0.2) is 31.4 Å². The molecule has 1 unspecified atom stereocenters. The number of hydrogen-bond donors (Lipinski definition) is 2. The van der Waals surface area contributed by atoms with Crippen LogP contribution in [0.4, 0.5) is 9.18 Å². The highest BCUT2D eigenvalue weighted by Crippen LogP contribution is 2.23. The Labute approximate surface area is 131 Å². The fourth-order valence-corrected chi connectivity index (χ4v) is 1.93. The van der Waals surface area contributed by atoms with Crippen LogP contribution in [-0.2, 0) is 11.2 Å². The minimum absolute atomic E-state index is 0.230. The van der Waals surface area contributed by atoms with Gasteiger partial charge in [-0.15, -0.1) is 0 Å². The Kier molecular flexibility index (Phi) is 6.17. The van der Waals surface area contributed by atoms with Crippen LogP contribution in [0.1, 0.15) is 31.9 Å². The second-order valence-corrected chi connectivity index (χ2v) is 6.26. The van der Waals surface area contributed by atoms with Crippen molar-refractivity contribution in [1.82, 2.24) is 5.32 Å². The number of methoxy groups -OCH3 is 1. The second kappa shape index (κ2) is 7.45. The maximum Gasteiger partial charge on any atom is 0.407 e. The molecule has 1 aromatic carbocycles. The molecule has 1 atom stereocenters. The molecule has 0 radical (unpaired) electrons. The van der Waals surface area contributed by atoms with Crippen molar-refractivity contribution in [3.63, 3.8) is 0 Å². The summed E-state index contributed by atoms with van der Waals surface area (Å²) in [6, 6.07) is 2.68. The third-order valence-electron chi connectivity index (χ3n) is 2.95. The first-order valence-electron chi connectivity index (χ1n) is 7.18. The normalized spacial score (nSPS) is 12.7. The van der Waals surface area contributed by atoms with Crippen molar-refractivity contribution in [2.75, 3.05) is 13.7 Å². The van der Waals surface area contributed by atoms with E-state index in [1.165, 1.54) is 13.2 Å². The molecule has 124 valence electrons. The van der Waals surface area contributed by atoms with Gasteiger partial charge >= 0.3 is 6.09 Å². The van der Waals surface area contributed by atoms with Gasteiger partial charge in [-0.05, 0) is 57.4 Å². The Bertz CT molecular complexity index is 527. The lowest BCUT2D eigenvalue weighted by Crippen LogP contribution is -2.41. The third kappa shape index (κ3) is 5.89. The van der Waals surface area contributed by atoms with E-state index in [1.807, 2.05) is 0 Å². The van der Waals surface area contributed by atoms with Gasteiger partial charge in [0.2, 0.25) is 0 Å². The van der Waals surface area contributed by atoms with Crippen LogP contribution in [0.5, 0.6) is 5.75 Å². The summed E-state index contributed by atoms with van der Waals surface area (Å²) in [5, 5.41) is 2.60. The molecule has 0 saturated heterocycles. The number of carbonyl (C=O) groups excluding carboxylic acids is 1. The van der Waals surface area contributed by atoms with Crippen molar-refractivity contribution >= 4 is 6.09 Å². The fourth-order valence-electron chi connectivity index (χ4n) is 1.93. The zero-order valence-electron chi connectivity index (χ0n) is 13.8. The summed E-state index contributed by atoms with van der Waals surface area (Å²) in [7, 11) is 1.53. The number of halogens is 1. The van der Waals surface area contributed by atoms with Crippen molar-refractivity contribution < 1.29 is 18.7 Å². The predicted molar refractivity (Wildman–Crippen MR) is 83.6 cm³/mol. The number of amides is 1. The molecule has 1 rings (SSSR count). The van der Waals surface area contributed by atoms with Gasteiger partial charge in [-0.25, -0.2) is 9.18 Å². The molecule has 0 aliphatic heterocycles. The molecule has 0 aliphatic rings. The van der Waals surface area contributed by atoms with E-state index in [-0.39, 0.29) is 18.4 Å². The Balaban J connectivity index is 2.60. The van der Waals surface area contributed by atoms with Crippen LogP contribution >= 0.6 is 0 Å². The highest BCUT2D eigenvalue weighted by Gasteiger charge is 2.17. The predicted octanol–water partition coefficient (Wildman–Crippen LogP) is 2.54. The molecule has 0 heterocycles. The van der Waals surface area contributed by atoms with Crippen molar-refractivity contribution in [2.45, 2.75) is 45.8 Å². The molecule has 3 N–H and O–H groups in total. The summed E-state index contributed by atoms with van der Waals surface area (Å²) >= 11 is 0. The third-order valence-corrected chi connectivity index (χ3v) is 2.95. The molecular weight excluding hydrogens is 287 g/mol. The number of aryl methyl sites for hydroxylation is 1. The molecule has 0 aromatic heterocycles. The van der Waals surface area contributed by atoms with E-state index < -0.39 is 11.7 Å². The molecule has 0 fully saturated rings. The lowest BCUT2D eigenvalue weighted by Gasteiger charge is -2.21. The largest absolute Gasteiger partial charge is 0.496 e. The smallest absolute Gasteiger partial charge is 0.407 e. The molecular formula is C16H25FN2O3. The van der Waals surface area contributed by atoms with E-state index in [0.717, 1.165) is 0 Å². The Morgan fingerprint density at radius 3 is 2.59 bits per heavy atom. The van der Waals surface area contributed by atoms with Gasteiger partial charge in [-0.1, -0.05) is 0 Å². The zero-order valence-corrected chi connectivity index (χ0v) is 13.8. The SMILES string of the molecule is COc1cc(C)c(F)cc1CC(N)CNC(=O)OC(C)(C)C. The quantitative estimate of drug-likeness (QED) is 0.876. The Morgan fingerprint density at radius 2 is 2.05 bits per heavy atom. The van der Waals surface area contributed by atoms with E-state index in [1.54, 1.807) is 33.8 Å². The molecule has 22 heavy (non-hydrogen) atoms. The number of rotatable bonds is 5. The number of nitrogens with two attached hydrogens (primary N) is 1. The highest BCUT2D eigenvalue weighted by atomic mass is 19.1. The van der Waals surface area contributed by atoms with Gasteiger partial charge < -0.3 is 20.5 Å². The van der Waals surface area contributed by atoms with Gasteiger partial charge in [0.1, 0.15) is 17.2 Å². The van der Waals surface area contributed by atoms with Crippen LogP contribution in [0.25, 0.3) is 0 Å². The number of hydrogen-bond acceptors (Lipinski definition) is 4. The highest BCUT2D eigenvalue weighted by molar-refractivity contribution is 5.67. The van der Waals surface area contributed by atoms with Crippen molar-refractivity contribution in [3.05, 3.63) is 29.1 Å². The van der Waals surface area contributed by atoms with Gasteiger partial charge in [0, 0.05) is 12.6 Å². The van der Waals surface area contributed by atoms with Crippen LogP contribution in [0, 0.1) is 12.7 Å². The zero-order chi connectivity index (χ0) is 16.9. The summed E-state index contributed by atoms with van der Waals surface area (Å²) in [4.78, 5) is 11.6. The van der Waals surface area contributed by atoms with E-state index in [0.29, 0.717) is 23.3 Å². The average molecular weight is 312 g/mol. The van der Waals surface area contributed by atoms with Crippen LogP contribution in [0.2, 0.25) is 0 Å². The average Bonchev–Trinajstić information content (AvgIpc) is 2.38. The molecule has 0 saturated carbocycles. The maximum atomic E-state index is 13.7. The number of alkyl carbamates (subject to hydrolysis) is 1. The molecule has 0 aliphatic carbocycles. The van der Waals surface area contributed by atoms with E-state index in [4.69, 9.17) is 15.2 Å². The van der Waals surface area contributed by atoms with Gasteiger partial charge in [0.05, 0.1) is 7.11 Å². The fraction of sp³-hybridized carbons (Fsp3) is 0.562. The van der Waals surface area contributed by atoms with Crippen LogP contribution in [0.15, 0.2) is 12.1 Å². The molecule has 0 bridgehead atoms. The lowest BCUT2D eigenvalue weighted by atomic mass is 10.0. The summed E-state index contributed by atoms with van der Waals surface area (Å²) < 4.78 is 24.0. The minimum Gasteiger partial charge on any atom is -0.496 e. The van der Waals surface area contributed by atoms with Crippen molar-refractivity contribution in [1.29, 1.82) is 0 Å². The molecule has 1 amide bonds. The second-order valence-electron chi connectivity index (χ2n) is 6.26. The molecule has 6 heteroatoms. The van der Waals surface area contributed by atoms with Gasteiger partial charge in [0.25, 0.3) is 0 Å². The minimum atomic E-state index is -0.558. The topological polar surface area (TPSA) is 73.6 Å². The Morgan fingerprint density at radius 1 is 1.41 bits per heavy atom. The Hall–Kier alpha value is -1.82. The first-order valence-corrected chi connectivity index (χ1v) is 7.18. The van der Waals surface area contributed by atoms with Gasteiger partial charge in [-0.3, -0.25) is 0 Å². The summed E-state index contributed by atoms with van der Waals surface area (Å²) in [6.07, 6.45) is -0.138. The van der Waals surface area contributed by atoms with Crippen molar-refractivity contribution in [3.8, 4) is 5.75 Å².